The number of aryl methyl sites for hydroxylation is 1. The smallest absolute Gasteiger partial charge is 0.330 e. The maximum Gasteiger partial charge on any atom is 0.330 e. The molecule has 4 rings (SSSR count). The largest absolute Gasteiger partial charge is 0.458 e. The lowest BCUT2D eigenvalue weighted by molar-refractivity contribution is -0.151. The molecular weight excluding hydrogens is 698 g/mol. The second-order valence-electron chi connectivity index (χ2n) is 12.8. The number of rotatable bonds is 19. The van der Waals surface area contributed by atoms with E-state index < -0.39 is 62.5 Å². The van der Waals surface area contributed by atoms with Gasteiger partial charge in [0.25, 0.3) is 5.91 Å². The van der Waals surface area contributed by atoms with Crippen molar-refractivity contribution in [1.82, 2.24) is 15.6 Å². The summed E-state index contributed by atoms with van der Waals surface area (Å²) >= 11 is 0. The van der Waals surface area contributed by atoms with Crippen molar-refractivity contribution in [3.63, 3.8) is 0 Å². The van der Waals surface area contributed by atoms with Crippen LogP contribution in [-0.4, -0.2) is 61.0 Å². The molecule has 0 saturated carbocycles. The van der Waals surface area contributed by atoms with E-state index in [1.165, 1.54) is 0 Å². The van der Waals surface area contributed by atoms with Gasteiger partial charge in [0.2, 0.25) is 0 Å². The first kappa shape index (κ1) is 41.6. The van der Waals surface area contributed by atoms with Crippen molar-refractivity contribution in [3.05, 3.63) is 107 Å². The number of esters is 1. The molecule has 1 aromatic heterocycles. The van der Waals surface area contributed by atoms with Crippen molar-refractivity contribution in [2.75, 3.05) is 12.3 Å². The molecule has 3 atom stereocenters. The number of hydrogen-bond acceptors (Lipinski definition) is 7. The lowest BCUT2D eigenvalue weighted by Gasteiger charge is -2.28. The van der Waals surface area contributed by atoms with Gasteiger partial charge in [0.05, 0.1) is 11.0 Å². The summed E-state index contributed by atoms with van der Waals surface area (Å²) in [6.07, 6.45) is 3.58. The molecule has 0 fully saturated rings. The number of fused-ring (bicyclic) bond motifs is 1. The van der Waals surface area contributed by atoms with Crippen LogP contribution in [0.1, 0.15) is 73.5 Å². The van der Waals surface area contributed by atoms with E-state index in [1.807, 2.05) is 44.2 Å². The summed E-state index contributed by atoms with van der Waals surface area (Å²) in [6, 6.07) is 15.3. The Morgan fingerprint density at radius 3 is 2.25 bits per heavy atom. The van der Waals surface area contributed by atoms with Gasteiger partial charge in [0, 0.05) is 42.5 Å². The molecule has 1 heterocycles. The van der Waals surface area contributed by atoms with Crippen LogP contribution >= 0.6 is 12.4 Å². The van der Waals surface area contributed by atoms with Crippen LogP contribution in [-0.2, 0) is 38.8 Å². The number of hydrogen-bond donors (Lipinski definition) is 4. The summed E-state index contributed by atoms with van der Waals surface area (Å²) in [5.74, 6) is -3.83. The fourth-order valence-corrected chi connectivity index (χ4v) is 8.22. The number of benzene rings is 3. The van der Waals surface area contributed by atoms with Crippen molar-refractivity contribution in [2.45, 2.75) is 89.3 Å². The summed E-state index contributed by atoms with van der Waals surface area (Å²) in [5.41, 5.74) is 9.87. The number of aromatic nitrogens is 1. The highest BCUT2D eigenvalue weighted by Crippen LogP contribution is 2.20. The topological polar surface area (TPSA) is 143 Å². The van der Waals surface area contributed by atoms with E-state index in [0.717, 1.165) is 41.1 Å². The van der Waals surface area contributed by atoms with Gasteiger partial charge >= 0.3 is 5.97 Å². The predicted molar refractivity (Wildman–Crippen MR) is 200 cm³/mol. The Hall–Kier alpha value is -3.84. The second-order valence-corrected chi connectivity index (χ2v) is 15.1. The van der Waals surface area contributed by atoms with Gasteiger partial charge in [0.15, 0.2) is 9.84 Å². The Morgan fingerprint density at radius 1 is 0.902 bits per heavy atom. The number of amides is 1. The Labute approximate surface area is 305 Å². The molecule has 1 amide bonds. The molecule has 1 unspecified atom stereocenters. The fourth-order valence-electron chi connectivity index (χ4n) is 6.08. The summed E-state index contributed by atoms with van der Waals surface area (Å²) in [7, 11) is -3.87. The van der Waals surface area contributed by atoms with E-state index in [-0.39, 0.29) is 36.5 Å². The first-order valence-electron chi connectivity index (χ1n) is 17.2. The molecule has 0 aliphatic carbocycles. The first-order valence-corrected chi connectivity index (χ1v) is 18.9. The van der Waals surface area contributed by atoms with Crippen LogP contribution in [0.25, 0.3) is 10.9 Å². The maximum atomic E-state index is 14.0. The fraction of sp³-hybridized carbons (Fsp3) is 0.421. The summed E-state index contributed by atoms with van der Waals surface area (Å²) in [5, 5.41) is 6.06. The number of nitrogens with one attached hydrogen (secondary N) is 3. The minimum absolute atomic E-state index is 0. The molecular formula is C38H49ClF2N4O5S. The number of H-pyrrole nitrogens is 1. The SMILES string of the molecule is CCCC(CCC)S(=O)(=O)CC(NC(=O)c1ccc2cc[nH]c2c1)C(=O)O[C@H](CNCc1cccc(CC)c1)[C@@H](N)Cc1cc(F)cc(F)c1.Cl. The van der Waals surface area contributed by atoms with Gasteiger partial charge < -0.3 is 26.1 Å². The Bertz CT molecular complexity index is 1830. The van der Waals surface area contributed by atoms with Crippen molar-refractivity contribution in [3.8, 4) is 0 Å². The van der Waals surface area contributed by atoms with Crippen LogP contribution in [0.3, 0.4) is 0 Å². The van der Waals surface area contributed by atoms with E-state index in [1.54, 1.807) is 24.4 Å². The zero-order valence-corrected chi connectivity index (χ0v) is 30.9. The molecule has 5 N–H and O–H groups in total. The summed E-state index contributed by atoms with van der Waals surface area (Å²) in [6.45, 7) is 6.30. The third-order valence-corrected chi connectivity index (χ3v) is 11.0. The number of halogens is 3. The molecule has 278 valence electrons. The highest BCUT2D eigenvalue weighted by Gasteiger charge is 2.35. The van der Waals surface area contributed by atoms with E-state index in [2.05, 4.69) is 22.5 Å². The van der Waals surface area contributed by atoms with Gasteiger partial charge in [-0.05, 0) is 78.1 Å². The lowest BCUT2D eigenvalue weighted by atomic mass is 10.0. The van der Waals surface area contributed by atoms with Gasteiger partial charge in [0.1, 0.15) is 23.8 Å². The van der Waals surface area contributed by atoms with E-state index in [4.69, 9.17) is 10.5 Å². The zero-order chi connectivity index (χ0) is 36.3. The summed E-state index contributed by atoms with van der Waals surface area (Å²) in [4.78, 5) is 30.5. The Kier molecular flexibility index (Phi) is 16.0. The van der Waals surface area contributed by atoms with Gasteiger partial charge in [-0.2, -0.15) is 0 Å². The van der Waals surface area contributed by atoms with Crippen LogP contribution in [0.2, 0.25) is 0 Å². The molecule has 0 saturated heterocycles. The number of nitrogens with two attached hydrogens (primary N) is 1. The molecule has 3 aromatic carbocycles. The minimum atomic E-state index is -3.87. The highest BCUT2D eigenvalue weighted by molar-refractivity contribution is 7.92. The van der Waals surface area contributed by atoms with Gasteiger partial charge in [-0.25, -0.2) is 22.0 Å². The quantitative estimate of drug-likeness (QED) is 0.0839. The van der Waals surface area contributed by atoms with Gasteiger partial charge in [-0.1, -0.05) is 63.9 Å². The highest BCUT2D eigenvalue weighted by atomic mass is 35.5. The number of sulfone groups is 1. The van der Waals surface area contributed by atoms with Crippen LogP contribution in [0, 0.1) is 11.6 Å². The van der Waals surface area contributed by atoms with Crippen LogP contribution in [0.4, 0.5) is 8.78 Å². The third kappa shape index (κ3) is 12.1. The predicted octanol–water partition coefficient (Wildman–Crippen LogP) is 6.18. The number of carbonyl (C=O) groups is 2. The van der Waals surface area contributed by atoms with E-state index >= 15 is 0 Å². The number of carbonyl (C=O) groups excluding carboxylic acids is 2. The second kappa shape index (κ2) is 19.7. The van der Waals surface area contributed by atoms with Crippen LogP contribution in [0.5, 0.6) is 0 Å². The molecule has 51 heavy (non-hydrogen) atoms. The third-order valence-electron chi connectivity index (χ3n) is 8.75. The maximum absolute atomic E-state index is 14.0. The van der Waals surface area contributed by atoms with Crippen LogP contribution in [0.15, 0.2) is 72.9 Å². The van der Waals surface area contributed by atoms with Gasteiger partial charge in [-0.15, -0.1) is 12.4 Å². The van der Waals surface area contributed by atoms with Crippen molar-refractivity contribution >= 4 is 45.0 Å². The Balaban J connectivity index is 0.00000702. The number of ether oxygens (including phenoxy) is 1. The van der Waals surface area contributed by atoms with E-state index in [9.17, 15) is 26.8 Å². The molecule has 0 aliphatic rings. The van der Waals surface area contributed by atoms with Crippen molar-refractivity contribution < 1.29 is 31.5 Å². The molecule has 0 spiro atoms. The normalized spacial score (nSPS) is 13.4. The zero-order valence-electron chi connectivity index (χ0n) is 29.3. The molecule has 4 aromatic rings. The molecule has 0 bridgehead atoms. The first-order chi connectivity index (χ1) is 23.9. The molecule has 0 aliphatic heterocycles. The van der Waals surface area contributed by atoms with Gasteiger partial charge in [-0.3, -0.25) is 4.79 Å². The monoisotopic (exact) mass is 746 g/mol. The molecule has 13 heteroatoms. The minimum Gasteiger partial charge on any atom is -0.458 e. The van der Waals surface area contributed by atoms with Crippen LogP contribution < -0.4 is 16.4 Å². The standard InChI is InChI=1S/C38H48F2N4O5S.ClH/c1-4-8-32(9-5-2)50(47,48)24-35(44-37(45)29-13-12-28-14-15-43-34(28)20-29)38(46)49-36(23-42-22-26-11-7-10-25(6-3)16-26)33(41)19-27-17-30(39)21-31(40)18-27;/h7,10-18,20-21,32-33,35-36,42-43H,4-6,8-9,19,22-24,41H2,1-3H3,(H,44,45);1H/t33-,35?,36+;/m0./s1. The van der Waals surface area contributed by atoms with Crippen molar-refractivity contribution in [1.29, 1.82) is 0 Å². The average molecular weight is 747 g/mol. The van der Waals surface area contributed by atoms with E-state index in [0.29, 0.717) is 37.7 Å². The van der Waals surface area contributed by atoms with Crippen molar-refractivity contribution in [2.24, 2.45) is 5.73 Å². The summed E-state index contributed by atoms with van der Waals surface area (Å²) < 4.78 is 61.4. The average Bonchev–Trinajstić information content (AvgIpc) is 3.55. The Morgan fingerprint density at radius 2 is 1.59 bits per heavy atom. The lowest BCUT2D eigenvalue weighted by Crippen LogP contribution is -2.52. The number of aromatic amines is 1. The molecule has 9 nitrogen and oxygen atoms in total. The molecule has 0 radical (unpaired) electrons.